The molecule has 0 saturated carbocycles. The van der Waals surface area contributed by atoms with E-state index in [1.807, 2.05) is 6.92 Å². The van der Waals surface area contributed by atoms with E-state index in [0.29, 0.717) is 6.54 Å². The molecular weight excluding hydrogens is 176 g/mol. The first-order valence-electron chi connectivity index (χ1n) is 5.55. The third-order valence-electron chi connectivity index (χ3n) is 3.30. The maximum atomic E-state index is 10.9. The molecule has 0 bridgehead atoms. The lowest BCUT2D eigenvalue weighted by molar-refractivity contribution is -0.121. The predicted molar refractivity (Wildman–Crippen MR) is 60.0 cm³/mol. The van der Waals surface area contributed by atoms with Crippen LogP contribution in [0.25, 0.3) is 0 Å². The molecular formula is C11H24N2O. The summed E-state index contributed by atoms with van der Waals surface area (Å²) in [6.07, 6.45) is 3.27. The molecule has 0 rings (SSSR count). The Kier molecular flexibility index (Phi) is 5.77. The Morgan fingerprint density at radius 2 is 1.71 bits per heavy atom. The molecule has 0 aromatic carbocycles. The quantitative estimate of drug-likeness (QED) is 0.657. The molecule has 1 unspecified atom stereocenters. The van der Waals surface area contributed by atoms with Gasteiger partial charge in [0, 0.05) is 18.0 Å². The van der Waals surface area contributed by atoms with Gasteiger partial charge in [0.15, 0.2) is 0 Å². The van der Waals surface area contributed by atoms with Gasteiger partial charge in [-0.05, 0) is 19.3 Å². The van der Waals surface area contributed by atoms with Crippen LogP contribution in [0.5, 0.6) is 0 Å². The molecule has 3 N–H and O–H groups in total. The van der Waals surface area contributed by atoms with E-state index in [4.69, 9.17) is 5.73 Å². The lowest BCUT2D eigenvalue weighted by Gasteiger charge is -2.32. The first-order valence-corrected chi connectivity index (χ1v) is 5.55. The van der Waals surface area contributed by atoms with E-state index in [9.17, 15) is 4.79 Å². The van der Waals surface area contributed by atoms with Crippen LogP contribution in [0.4, 0.5) is 0 Å². The third-order valence-corrected chi connectivity index (χ3v) is 3.30. The zero-order chi connectivity index (χ0) is 11.2. The highest BCUT2D eigenvalue weighted by atomic mass is 16.1. The fraction of sp³-hybridized carbons (Fsp3) is 0.909. The lowest BCUT2D eigenvalue weighted by atomic mass is 9.89. The standard InChI is InChI=1S/C11H24N2O/c1-5-11(6-2,7-3)13-8-9(4)10(12)14/h9,13H,5-8H2,1-4H3,(H2,12,14). The number of hydrogen-bond acceptors (Lipinski definition) is 2. The van der Waals surface area contributed by atoms with Crippen molar-refractivity contribution in [3.05, 3.63) is 0 Å². The predicted octanol–water partition coefficient (Wildman–Crippen LogP) is 1.67. The zero-order valence-electron chi connectivity index (χ0n) is 9.89. The zero-order valence-corrected chi connectivity index (χ0v) is 9.89. The molecule has 0 fully saturated rings. The monoisotopic (exact) mass is 200 g/mol. The van der Waals surface area contributed by atoms with E-state index in [0.717, 1.165) is 19.3 Å². The van der Waals surface area contributed by atoms with Gasteiger partial charge in [-0.1, -0.05) is 27.7 Å². The van der Waals surface area contributed by atoms with Gasteiger partial charge in [0.25, 0.3) is 0 Å². The van der Waals surface area contributed by atoms with Crippen LogP contribution >= 0.6 is 0 Å². The largest absolute Gasteiger partial charge is 0.369 e. The number of primary amides is 1. The van der Waals surface area contributed by atoms with Gasteiger partial charge in [0.05, 0.1) is 0 Å². The van der Waals surface area contributed by atoms with E-state index in [2.05, 4.69) is 26.1 Å². The van der Waals surface area contributed by atoms with Crippen LogP contribution in [0.2, 0.25) is 0 Å². The molecule has 0 aliphatic heterocycles. The fourth-order valence-electron chi connectivity index (χ4n) is 1.60. The summed E-state index contributed by atoms with van der Waals surface area (Å²) in [6, 6.07) is 0. The molecule has 1 amide bonds. The van der Waals surface area contributed by atoms with Crippen molar-refractivity contribution in [1.82, 2.24) is 5.32 Å². The summed E-state index contributed by atoms with van der Waals surface area (Å²) in [5, 5.41) is 3.46. The first-order chi connectivity index (χ1) is 6.51. The average Bonchev–Trinajstić information content (AvgIpc) is 2.20. The second-order valence-corrected chi connectivity index (χ2v) is 4.03. The van der Waals surface area contributed by atoms with E-state index in [1.165, 1.54) is 0 Å². The van der Waals surface area contributed by atoms with Gasteiger partial charge in [-0.2, -0.15) is 0 Å². The summed E-state index contributed by atoms with van der Waals surface area (Å²) in [5.41, 5.74) is 5.39. The summed E-state index contributed by atoms with van der Waals surface area (Å²) < 4.78 is 0. The highest BCUT2D eigenvalue weighted by Crippen LogP contribution is 2.19. The molecule has 14 heavy (non-hydrogen) atoms. The highest BCUT2D eigenvalue weighted by Gasteiger charge is 2.24. The molecule has 3 heteroatoms. The van der Waals surface area contributed by atoms with E-state index in [-0.39, 0.29) is 17.4 Å². The first kappa shape index (κ1) is 13.4. The Morgan fingerprint density at radius 1 is 1.29 bits per heavy atom. The summed E-state index contributed by atoms with van der Waals surface area (Å²) >= 11 is 0. The maximum absolute atomic E-state index is 10.9. The molecule has 0 aliphatic carbocycles. The molecule has 0 spiro atoms. The van der Waals surface area contributed by atoms with Gasteiger partial charge in [-0.3, -0.25) is 4.79 Å². The maximum Gasteiger partial charge on any atom is 0.221 e. The van der Waals surface area contributed by atoms with Crippen molar-refractivity contribution in [2.45, 2.75) is 52.5 Å². The Labute approximate surface area is 87.4 Å². The summed E-state index contributed by atoms with van der Waals surface area (Å²) in [7, 11) is 0. The number of carbonyl (C=O) groups excluding carboxylic acids is 1. The SMILES string of the molecule is CCC(CC)(CC)NCC(C)C(N)=O. The number of rotatable bonds is 7. The second kappa shape index (κ2) is 6.02. The third kappa shape index (κ3) is 3.66. The minimum absolute atomic E-state index is 0.0842. The Balaban J connectivity index is 4.12. The van der Waals surface area contributed by atoms with Gasteiger partial charge in [-0.15, -0.1) is 0 Å². The van der Waals surface area contributed by atoms with Gasteiger partial charge in [-0.25, -0.2) is 0 Å². The normalized spacial score (nSPS) is 14.0. The summed E-state index contributed by atoms with van der Waals surface area (Å²) in [6.45, 7) is 9.07. The molecule has 0 radical (unpaired) electrons. The van der Waals surface area contributed by atoms with E-state index < -0.39 is 0 Å². The Hall–Kier alpha value is -0.570. The second-order valence-electron chi connectivity index (χ2n) is 4.03. The molecule has 0 heterocycles. The number of nitrogens with one attached hydrogen (secondary N) is 1. The minimum atomic E-state index is -0.227. The smallest absolute Gasteiger partial charge is 0.221 e. The Bertz CT molecular complexity index is 168. The van der Waals surface area contributed by atoms with Crippen LogP contribution in [0, 0.1) is 5.92 Å². The van der Waals surface area contributed by atoms with E-state index in [1.54, 1.807) is 0 Å². The van der Waals surface area contributed by atoms with Crippen molar-refractivity contribution in [3.63, 3.8) is 0 Å². The van der Waals surface area contributed by atoms with Gasteiger partial charge in [0.2, 0.25) is 5.91 Å². The topological polar surface area (TPSA) is 55.1 Å². The Morgan fingerprint density at radius 3 is 2.00 bits per heavy atom. The van der Waals surface area contributed by atoms with Gasteiger partial charge >= 0.3 is 0 Å². The van der Waals surface area contributed by atoms with Crippen molar-refractivity contribution in [1.29, 1.82) is 0 Å². The lowest BCUT2D eigenvalue weighted by Crippen LogP contribution is -2.47. The van der Waals surface area contributed by atoms with Crippen LogP contribution in [0.1, 0.15) is 47.0 Å². The number of carbonyl (C=O) groups is 1. The van der Waals surface area contributed by atoms with Gasteiger partial charge < -0.3 is 11.1 Å². The molecule has 0 aliphatic rings. The van der Waals surface area contributed by atoms with Crippen molar-refractivity contribution < 1.29 is 4.79 Å². The van der Waals surface area contributed by atoms with Crippen molar-refractivity contribution in [2.75, 3.05) is 6.54 Å². The van der Waals surface area contributed by atoms with Crippen molar-refractivity contribution in [3.8, 4) is 0 Å². The van der Waals surface area contributed by atoms with Crippen LogP contribution in [0.15, 0.2) is 0 Å². The number of nitrogens with two attached hydrogens (primary N) is 1. The molecule has 0 saturated heterocycles. The van der Waals surface area contributed by atoms with E-state index >= 15 is 0 Å². The van der Waals surface area contributed by atoms with Crippen molar-refractivity contribution in [2.24, 2.45) is 11.7 Å². The molecule has 84 valence electrons. The fourth-order valence-corrected chi connectivity index (χ4v) is 1.60. The van der Waals surface area contributed by atoms with Crippen molar-refractivity contribution >= 4 is 5.91 Å². The molecule has 3 nitrogen and oxygen atoms in total. The van der Waals surface area contributed by atoms with Gasteiger partial charge in [0.1, 0.15) is 0 Å². The summed E-state index contributed by atoms with van der Waals surface area (Å²) in [4.78, 5) is 10.9. The van der Waals surface area contributed by atoms with Crippen LogP contribution in [-0.2, 0) is 4.79 Å². The molecule has 1 atom stereocenters. The number of amides is 1. The average molecular weight is 200 g/mol. The minimum Gasteiger partial charge on any atom is -0.369 e. The van der Waals surface area contributed by atoms with Crippen LogP contribution in [0.3, 0.4) is 0 Å². The van der Waals surface area contributed by atoms with Crippen LogP contribution < -0.4 is 11.1 Å². The number of hydrogen-bond donors (Lipinski definition) is 2. The molecule has 0 aromatic heterocycles. The van der Waals surface area contributed by atoms with Crippen LogP contribution in [-0.4, -0.2) is 18.0 Å². The highest BCUT2D eigenvalue weighted by molar-refractivity contribution is 5.76. The summed E-state index contributed by atoms with van der Waals surface area (Å²) in [5.74, 6) is -0.311. The molecule has 0 aromatic rings.